The molecule has 2 aromatic rings. The van der Waals surface area contributed by atoms with Crippen LogP contribution in [-0.4, -0.2) is 20.3 Å². The second-order valence-electron chi connectivity index (χ2n) is 10.4. The third-order valence-corrected chi connectivity index (χ3v) is 8.30. The van der Waals surface area contributed by atoms with Crippen molar-refractivity contribution in [1.82, 2.24) is 0 Å². The number of rotatable bonds is 10. The van der Waals surface area contributed by atoms with Gasteiger partial charge in [-0.05, 0) is 106 Å². The van der Waals surface area contributed by atoms with Crippen molar-refractivity contribution in [2.24, 2.45) is 17.8 Å². The molecular weight excluding hydrogens is 465 g/mol. The summed E-state index contributed by atoms with van der Waals surface area (Å²) in [7, 11) is 1.36. The molecule has 2 aliphatic rings. The first kappa shape index (κ1) is 26.7. The van der Waals surface area contributed by atoms with Crippen molar-refractivity contribution in [3.8, 4) is 17.2 Å². The molecule has 2 aromatic carbocycles. The van der Waals surface area contributed by atoms with Gasteiger partial charge in [0.15, 0.2) is 23.1 Å². The first-order valence-electron chi connectivity index (χ1n) is 13.6. The molecule has 0 aromatic heterocycles. The Morgan fingerprint density at radius 1 is 0.778 bits per heavy atom. The largest absolute Gasteiger partial charge is 0.494 e. The Morgan fingerprint density at radius 2 is 1.44 bits per heavy atom. The monoisotopic (exact) mass is 504 g/mol. The summed E-state index contributed by atoms with van der Waals surface area (Å²) in [5, 5.41) is 0. The summed E-state index contributed by atoms with van der Waals surface area (Å²) in [6.45, 7) is 2.86. The molecule has 3 nitrogen and oxygen atoms in total. The highest BCUT2D eigenvalue weighted by atomic mass is 19.2. The molecule has 0 bridgehead atoms. The molecule has 0 heterocycles. The predicted molar refractivity (Wildman–Crippen MR) is 135 cm³/mol. The van der Waals surface area contributed by atoms with Crippen LogP contribution in [0.1, 0.15) is 82.6 Å². The standard InChI is InChI=1S/C30H39F3O3/c1-3-35-27-16-14-24(19-26(27)31)36-18-4-5-20-6-8-21(9-7-20)22-10-12-23(13-11-22)25-15-17-28(34-2)30(33)29(25)32/h14-17,19-23H,3-13,18H2,1-2H3. The third-order valence-electron chi connectivity index (χ3n) is 8.30. The van der Waals surface area contributed by atoms with Gasteiger partial charge in [0.2, 0.25) is 5.82 Å². The van der Waals surface area contributed by atoms with E-state index < -0.39 is 11.6 Å². The first-order valence-corrected chi connectivity index (χ1v) is 13.6. The molecule has 0 spiro atoms. The SMILES string of the molecule is CCOc1ccc(OCCCC2CCC(C3CCC(c4ccc(OC)c(F)c4F)CC3)CC2)cc1F. The smallest absolute Gasteiger partial charge is 0.200 e. The number of hydrogen-bond donors (Lipinski definition) is 0. The first-order chi connectivity index (χ1) is 17.5. The molecule has 0 atom stereocenters. The van der Waals surface area contributed by atoms with Crippen LogP contribution in [0.2, 0.25) is 0 Å². The lowest BCUT2D eigenvalue weighted by Crippen LogP contribution is -2.25. The fraction of sp³-hybridized carbons (Fsp3) is 0.600. The van der Waals surface area contributed by atoms with E-state index in [1.807, 2.05) is 6.92 Å². The Hall–Kier alpha value is -2.37. The van der Waals surface area contributed by atoms with Gasteiger partial charge in [-0.1, -0.05) is 18.9 Å². The Kier molecular flexibility index (Phi) is 9.44. The van der Waals surface area contributed by atoms with Crippen LogP contribution in [0.25, 0.3) is 0 Å². The zero-order chi connectivity index (χ0) is 25.5. The quantitative estimate of drug-likeness (QED) is 0.304. The third kappa shape index (κ3) is 6.49. The minimum absolute atomic E-state index is 0.0293. The van der Waals surface area contributed by atoms with Gasteiger partial charge < -0.3 is 14.2 Å². The van der Waals surface area contributed by atoms with Crippen LogP contribution in [-0.2, 0) is 0 Å². The van der Waals surface area contributed by atoms with E-state index in [9.17, 15) is 13.2 Å². The Bertz CT molecular complexity index is 980. The summed E-state index contributed by atoms with van der Waals surface area (Å²) in [5.41, 5.74) is 0.505. The van der Waals surface area contributed by atoms with Gasteiger partial charge in [-0.2, -0.15) is 4.39 Å². The maximum Gasteiger partial charge on any atom is 0.200 e. The lowest BCUT2D eigenvalue weighted by Gasteiger charge is -2.38. The molecule has 2 aliphatic carbocycles. The summed E-state index contributed by atoms with van der Waals surface area (Å²) in [5.74, 6) is 1.07. The minimum atomic E-state index is -0.868. The molecule has 0 amide bonds. The topological polar surface area (TPSA) is 27.7 Å². The fourth-order valence-corrected chi connectivity index (χ4v) is 6.28. The molecule has 2 fully saturated rings. The Labute approximate surface area is 213 Å². The number of methoxy groups -OCH3 is 1. The minimum Gasteiger partial charge on any atom is -0.494 e. The average Bonchev–Trinajstić information content (AvgIpc) is 2.90. The molecule has 198 valence electrons. The van der Waals surface area contributed by atoms with E-state index >= 15 is 0 Å². The lowest BCUT2D eigenvalue weighted by atomic mass is 9.68. The molecule has 4 rings (SSSR count). The highest BCUT2D eigenvalue weighted by Gasteiger charge is 2.32. The fourth-order valence-electron chi connectivity index (χ4n) is 6.28. The summed E-state index contributed by atoms with van der Waals surface area (Å²) < 4.78 is 58.5. The van der Waals surface area contributed by atoms with E-state index in [1.165, 1.54) is 38.9 Å². The molecule has 0 unspecified atom stereocenters. The zero-order valence-electron chi connectivity index (χ0n) is 21.5. The molecule has 0 saturated heterocycles. The van der Waals surface area contributed by atoms with Crippen LogP contribution >= 0.6 is 0 Å². The maximum atomic E-state index is 14.5. The van der Waals surface area contributed by atoms with Gasteiger partial charge in [-0.25, -0.2) is 8.78 Å². The molecular formula is C30H39F3O3. The van der Waals surface area contributed by atoms with Gasteiger partial charge in [-0.3, -0.25) is 0 Å². The number of hydrogen-bond acceptors (Lipinski definition) is 3. The van der Waals surface area contributed by atoms with Gasteiger partial charge in [0, 0.05) is 6.07 Å². The second-order valence-corrected chi connectivity index (χ2v) is 10.4. The van der Waals surface area contributed by atoms with Crippen molar-refractivity contribution in [2.45, 2.75) is 77.0 Å². The van der Waals surface area contributed by atoms with Gasteiger partial charge >= 0.3 is 0 Å². The number of benzene rings is 2. The van der Waals surface area contributed by atoms with Crippen molar-refractivity contribution in [2.75, 3.05) is 20.3 Å². The Morgan fingerprint density at radius 3 is 2.08 bits per heavy atom. The van der Waals surface area contributed by atoms with Gasteiger partial charge in [0.25, 0.3) is 0 Å². The van der Waals surface area contributed by atoms with Crippen molar-refractivity contribution in [1.29, 1.82) is 0 Å². The van der Waals surface area contributed by atoms with Crippen LogP contribution in [0.4, 0.5) is 13.2 Å². The Balaban J connectivity index is 1.15. The number of halogens is 3. The second kappa shape index (κ2) is 12.7. The van der Waals surface area contributed by atoms with E-state index in [2.05, 4.69) is 0 Å². The van der Waals surface area contributed by atoms with E-state index in [-0.39, 0.29) is 23.2 Å². The van der Waals surface area contributed by atoms with Crippen LogP contribution in [0, 0.1) is 35.2 Å². The van der Waals surface area contributed by atoms with E-state index in [0.717, 1.165) is 50.4 Å². The summed E-state index contributed by atoms with van der Waals surface area (Å²) in [4.78, 5) is 0. The van der Waals surface area contributed by atoms with Gasteiger partial charge in [0.05, 0.1) is 20.3 Å². The normalized spacial score (nSPS) is 24.4. The maximum absolute atomic E-state index is 14.5. The zero-order valence-corrected chi connectivity index (χ0v) is 21.5. The molecule has 0 N–H and O–H groups in total. The molecule has 0 radical (unpaired) electrons. The summed E-state index contributed by atoms with van der Waals surface area (Å²) in [6.07, 6.45) is 11.2. The van der Waals surface area contributed by atoms with Crippen molar-refractivity contribution in [3.05, 3.63) is 53.3 Å². The molecule has 0 aliphatic heterocycles. The lowest BCUT2D eigenvalue weighted by molar-refractivity contribution is 0.152. The van der Waals surface area contributed by atoms with E-state index in [1.54, 1.807) is 24.3 Å². The molecule has 2 saturated carbocycles. The predicted octanol–water partition coefficient (Wildman–Crippen LogP) is 8.45. The average molecular weight is 505 g/mol. The highest BCUT2D eigenvalue weighted by molar-refractivity contribution is 5.34. The van der Waals surface area contributed by atoms with Crippen LogP contribution in [0.15, 0.2) is 30.3 Å². The highest BCUT2D eigenvalue weighted by Crippen LogP contribution is 2.45. The number of ether oxygens (including phenoxy) is 3. The van der Waals surface area contributed by atoms with Crippen molar-refractivity contribution < 1.29 is 27.4 Å². The van der Waals surface area contributed by atoms with Crippen molar-refractivity contribution >= 4 is 0 Å². The molecule has 36 heavy (non-hydrogen) atoms. The van der Waals surface area contributed by atoms with Crippen LogP contribution in [0.3, 0.4) is 0 Å². The van der Waals surface area contributed by atoms with Gasteiger partial charge in [-0.15, -0.1) is 0 Å². The van der Waals surface area contributed by atoms with Crippen LogP contribution < -0.4 is 14.2 Å². The summed E-state index contributed by atoms with van der Waals surface area (Å²) >= 11 is 0. The summed E-state index contributed by atoms with van der Waals surface area (Å²) in [6, 6.07) is 8.01. The van der Waals surface area contributed by atoms with E-state index in [4.69, 9.17) is 14.2 Å². The molecule has 6 heteroatoms. The van der Waals surface area contributed by atoms with Gasteiger partial charge in [0.1, 0.15) is 5.75 Å². The van der Waals surface area contributed by atoms with Crippen LogP contribution in [0.5, 0.6) is 17.2 Å². The van der Waals surface area contributed by atoms with Crippen molar-refractivity contribution in [3.63, 3.8) is 0 Å². The van der Waals surface area contributed by atoms with E-state index in [0.29, 0.717) is 30.4 Å².